The third kappa shape index (κ3) is 3.20. The Labute approximate surface area is 157 Å². The molecule has 4 N–H and O–H groups in total. The first-order valence-electron chi connectivity index (χ1n) is 8.01. The monoisotopic (exact) mass is 418 g/mol. The van der Waals surface area contributed by atoms with E-state index in [0.29, 0.717) is 40.4 Å². The maximum absolute atomic E-state index is 12.5. The van der Waals surface area contributed by atoms with Crippen LogP contribution in [0.5, 0.6) is 5.75 Å². The zero-order chi connectivity index (χ0) is 18.8. The lowest BCUT2D eigenvalue weighted by molar-refractivity contribution is 0.358. The van der Waals surface area contributed by atoms with Crippen molar-refractivity contribution in [1.82, 2.24) is 20.4 Å². The molecular formula is C18H19BrN4O3. The highest BCUT2D eigenvalue weighted by Gasteiger charge is 2.30. The van der Waals surface area contributed by atoms with Gasteiger partial charge in [-0.25, -0.2) is 0 Å². The molecule has 0 atom stereocenters. The number of aromatic nitrogens is 4. The van der Waals surface area contributed by atoms with Crippen molar-refractivity contribution in [2.75, 3.05) is 6.61 Å². The molecule has 0 saturated carbocycles. The van der Waals surface area contributed by atoms with Gasteiger partial charge in [0.25, 0.3) is 11.1 Å². The van der Waals surface area contributed by atoms with E-state index in [4.69, 9.17) is 4.74 Å². The Kier molecular flexibility index (Phi) is 5.03. The SMILES string of the molecule is C=CCOc1ccc(Br)cc1C(c1c(C)[nH][nH]c1=O)c1c(C)[nH][nH]c1=O. The Morgan fingerprint density at radius 2 is 1.65 bits per heavy atom. The molecule has 0 spiro atoms. The van der Waals surface area contributed by atoms with Gasteiger partial charge in [-0.15, -0.1) is 0 Å². The molecule has 3 rings (SSSR count). The van der Waals surface area contributed by atoms with Crippen LogP contribution in [-0.4, -0.2) is 27.0 Å². The predicted molar refractivity (Wildman–Crippen MR) is 103 cm³/mol. The van der Waals surface area contributed by atoms with E-state index in [9.17, 15) is 9.59 Å². The molecule has 0 aliphatic carbocycles. The molecule has 2 aromatic heterocycles. The van der Waals surface area contributed by atoms with Gasteiger partial charge < -0.3 is 14.9 Å². The average molecular weight is 419 g/mol. The van der Waals surface area contributed by atoms with Crippen molar-refractivity contribution in [3.8, 4) is 5.75 Å². The maximum atomic E-state index is 12.5. The Morgan fingerprint density at radius 1 is 1.08 bits per heavy atom. The summed E-state index contributed by atoms with van der Waals surface area (Å²) in [6.45, 7) is 7.56. The summed E-state index contributed by atoms with van der Waals surface area (Å²) in [5.74, 6) is -0.0181. The Hall–Kier alpha value is -2.74. The number of rotatable bonds is 6. The summed E-state index contributed by atoms with van der Waals surface area (Å²) in [5, 5.41) is 10.9. The highest BCUT2D eigenvalue weighted by Crippen LogP contribution is 2.38. The normalized spacial score (nSPS) is 11.1. The van der Waals surface area contributed by atoms with Crippen molar-refractivity contribution < 1.29 is 4.74 Å². The van der Waals surface area contributed by atoms with Crippen molar-refractivity contribution in [2.45, 2.75) is 19.8 Å². The molecule has 26 heavy (non-hydrogen) atoms. The Balaban J connectivity index is 2.33. The summed E-state index contributed by atoms with van der Waals surface area (Å²) < 4.78 is 6.61. The standard InChI is InChI=1S/C18H19BrN4O3/c1-4-7-26-13-6-5-11(19)8-12(13)16(14-9(2)20-22-17(14)24)15-10(3)21-23-18(15)25/h4-6,8,16H,1,7H2,2-3H3,(H2,20,22,24)(H2,21,23,25). The third-order valence-corrected chi connectivity index (χ3v) is 4.73. The summed E-state index contributed by atoms with van der Waals surface area (Å²) >= 11 is 3.47. The minimum absolute atomic E-state index is 0.276. The number of H-pyrrole nitrogens is 4. The van der Waals surface area contributed by atoms with Crippen LogP contribution in [0.15, 0.2) is 44.9 Å². The van der Waals surface area contributed by atoms with Crippen LogP contribution in [0.3, 0.4) is 0 Å². The summed E-state index contributed by atoms with van der Waals surface area (Å²) in [6, 6.07) is 5.52. The van der Waals surface area contributed by atoms with Gasteiger partial charge in [-0.05, 0) is 32.0 Å². The highest BCUT2D eigenvalue weighted by molar-refractivity contribution is 9.10. The van der Waals surface area contributed by atoms with E-state index in [1.807, 2.05) is 18.2 Å². The number of hydrogen-bond acceptors (Lipinski definition) is 3. The summed E-state index contributed by atoms with van der Waals surface area (Å²) in [7, 11) is 0. The molecule has 0 amide bonds. The second-order valence-corrected chi connectivity index (χ2v) is 6.87. The van der Waals surface area contributed by atoms with Crippen LogP contribution in [0.4, 0.5) is 0 Å². The molecule has 0 fully saturated rings. The molecule has 0 unspecified atom stereocenters. The minimum Gasteiger partial charge on any atom is -0.489 e. The van der Waals surface area contributed by atoms with E-state index < -0.39 is 5.92 Å². The lowest BCUT2D eigenvalue weighted by Gasteiger charge is -2.20. The fourth-order valence-corrected chi connectivity index (χ4v) is 3.47. The average Bonchev–Trinajstić information content (AvgIpc) is 3.11. The number of aromatic amines is 4. The van der Waals surface area contributed by atoms with Crippen LogP contribution in [0.25, 0.3) is 0 Å². The number of nitrogens with one attached hydrogen (secondary N) is 4. The highest BCUT2D eigenvalue weighted by atomic mass is 79.9. The molecule has 0 aliphatic heterocycles. The van der Waals surface area contributed by atoms with Gasteiger partial charge in [0.1, 0.15) is 12.4 Å². The van der Waals surface area contributed by atoms with Crippen LogP contribution in [0.2, 0.25) is 0 Å². The molecule has 0 radical (unpaired) electrons. The van der Waals surface area contributed by atoms with Crippen molar-refractivity contribution in [2.24, 2.45) is 0 Å². The summed E-state index contributed by atoms with van der Waals surface area (Å²) in [6.07, 6.45) is 1.64. The zero-order valence-electron chi connectivity index (χ0n) is 14.4. The van der Waals surface area contributed by atoms with Gasteiger partial charge in [0.05, 0.1) is 17.0 Å². The van der Waals surface area contributed by atoms with Gasteiger partial charge in [0.15, 0.2) is 0 Å². The maximum Gasteiger partial charge on any atom is 0.268 e. The van der Waals surface area contributed by atoms with E-state index in [2.05, 4.69) is 42.9 Å². The second-order valence-electron chi connectivity index (χ2n) is 5.95. The first-order chi connectivity index (χ1) is 12.4. The van der Waals surface area contributed by atoms with Crippen LogP contribution in [0.1, 0.15) is 34.0 Å². The smallest absolute Gasteiger partial charge is 0.268 e. The third-order valence-electron chi connectivity index (χ3n) is 4.24. The van der Waals surface area contributed by atoms with Crippen LogP contribution in [0, 0.1) is 13.8 Å². The van der Waals surface area contributed by atoms with Crippen LogP contribution in [-0.2, 0) is 0 Å². The number of ether oxygens (including phenoxy) is 1. The fourth-order valence-electron chi connectivity index (χ4n) is 3.09. The lowest BCUT2D eigenvalue weighted by Crippen LogP contribution is -2.21. The predicted octanol–water partition coefficient (Wildman–Crippen LogP) is 2.84. The van der Waals surface area contributed by atoms with Gasteiger partial charge in [-0.3, -0.25) is 19.8 Å². The first kappa shape index (κ1) is 18.1. The van der Waals surface area contributed by atoms with E-state index in [1.165, 1.54) is 0 Å². The van der Waals surface area contributed by atoms with Crippen molar-refractivity contribution in [3.05, 3.63) is 84.1 Å². The number of aryl methyl sites for hydroxylation is 2. The number of halogens is 1. The number of benzene rings is 1. The summed E-state index contributed by atoms with van der Waals surface area (Å²) in [4.78, 5) is 25.0. The molecule has 7 nitrogen and oxygen atoms in total. The Morgan fingerprint density at radius 3 is 2.12 bits per heavy atom. The topological polar surface area (TPSA) is 107 Å². The number of hydrogen-bond donors (Lipinski definition) is 4. The second kappa shape index (κ2) is 7.25. The van der Waals surface area contributed by atoms with Gasteiger partial charge in [-0.2, -0.15) is 0 Å². The van der Waals surface area contributed by atoms with Crippen LogP contribution >= 0.6 is 15.9 Å². The molecule has 0 saturated heterocycles. The van der Waals surface area contributed by atoms with Crippen molar-refractivity contribution in [3.63, 3.8) is 0 Å². The van der Waals surface area contributed by atoms with Gasteiger partial charge in [0.2, 0.25) is 0 Å². The molecule has 136 valence electrons. The van der Waals surface area contributed by atoms with E-state index in [0.717, 1.165) is 4.47 Å². The Bertz CT molecular complexity index is 1000. The van der Waals surface area contributed by atoms with Crippen molar-refractivity contribution >= 4 is 15.9 Å². The van der Waals surface area contributed by atoms with Crippen LogP contribution < -0.4 is 15.9 Å². The minimum atomic E-state index is -0.600. The molecule has 8 heteroatoms. The van der Waals surface area contributed by atoms with E-state index >= 15 is 0 Å². The molecular weight excluding hydrogens is 400 g/mol. The quantitative estimate of drug-likeness (QED) is 0.462. The largest absolute Gasteiger partial charge is 0.489 e. The lowest BCUT2D eigenvalue weighted by atomic mass is 9.85. The van der Waals surface area contributed by atoms with Gasteiger partial charge >= 0.3 is 0 Å². The van der Waals surface area contributed by atoms with Crippen molar-refractivity contribution in [1.29, 1.82) is 0 Å². The molecule has 1 aromatic carbocycles. The van der Waals surface area contributed by atoms with E-state index in [1.54, 1.807) is 19.9 Å². The fraction of sp³-hybridized carbons (Fsp3) is 0.222. The molecule has 2 heterocycles. The van der Waals surface area contributed by atoms with Gasteiger partial charge in [-0.1, -0.05) is 28.6 Å². The van der Waals surface area contributed by atoms with Gasteiger partial charge in [0, 0.05) is 21.4 Å². The zero-order valence-corrected chi connectivity index (χ0v) is 16.0. The van der Waals surface area contributed by atoms with E-state index in [-0.39, 0.29) is 11.1 Å². The summed E-state index contributed by atoms with van der Waals surface area (Å²) in [5.41, 5.74) is 2.43. The molecule has 0 bridgehead atoms. The molecule has 0 aliphatic rings. The first-order valence-corrected chi connectivity index (χ1v) is 8.80. The molecule has 3 aromatic rings.